The third kappa shape index (κ3) is 4.20. The van der Waals surface area contributed by atoms with E-state index in [0.29, 0.717) is 19.0 Å². The van der Waals surface area contributed by atoms with Crippen molar-refractivity contribution >= 4 is 0 Å². The van der Waals surface area contributed by atoms with Crippen LogP contribution in [0.4, 0.5) is 0 Å². The fraction of sp³-hybridized carbons (Fsp3) is 0.263. The van der Waals surface area contributed by atoms with Crippen LogP contribution in [-0.2, 0) is 13.2 Å². The normalized spacial score (nSPS) is 12.1. The van der Waals surface area contributed by atoms with Crippen molar-refractivity contribution in [3.8, 4) is 5.75 Å². The van der Waals surface area contributed by atoms with Crippen LogP contribution in [0.25, 0.3) is 0 Å². The van der Waals surface area contributed by atoms with E-state index in [1.54, 1.807) is 12.4 Å². The van der Waals surface area contributed by atoms with Crippen molar-refractivity contribution in [1.82, 2.24) is 15.3 Å². The fourth-order valence-electron chi connectivity index (χ4n) is 2.36. The Hall–Kier alpha value is -2.66. The molecule has 3 aromatic rings. The summed E-state index contributed by atoms with van der Waals surface area (Å²) in [5, 5.41) is 3.42. The van der Waals surface area contributed by atoms with Gasteiger partial charge in [0.2, 0.25) is 5.89 Å². The predicted octanol–water partition coefficient (Wildman–Crippen LogP) is 3.81. The van der Waals surface area contributed by atoms with Gasteiger partial charge in [0.15, 0.2) is 0 Å². The summed E-state index contributed by atoms with van der Waals surface area (Å²) in [5.41, 5.74) is 2.14. The third-order valence-corrected chi connectivity index (χ3v) is 3.70. The zero-order chi connectivity index (χ0) is 16.8. The first kappa shape index (κ1) is 16.2. The number of aromatic nitrogens is 2. The Morgan fingerprint density at radius 1 is 1.17 bits per heavy atom. The summed E-state index contributed by atoms with van der Waals surface area (Å²) in [6.45, 7) is 5.10. The van der Waals surface area contributed by atoms with Crippen LogP contribution in [0, 0.1) is 6.92 Å². The monoisotopic (exact) mass is 323 g/mol. The molecule has 0 saturated carbocycles. The van der Waals surface area contributed by atoms with Crippen molar-refractivity contribution in [3.05, 3.63) is 77.8 Å². The molecule has 124 valence electrons. The van der Waals surface area contributed by atoms with E-state index in [1.165, 1.54) is 0 Å². The maximum absolute atomic E-state index is 5.95. The molecule has 5 heteroatoms. The maximum Gasteiger partial charge on any atom is 0.211 e. The van der Waals surface area contributed by atoms with Crippen LogP contribution in [0.3, 0.4) is 0 Å². The van der Waals surface area contributed by atoms with Gasteiger partial charge in [0.05, 0.1) is 12.2 Å². The van der Waals surface area contributed by atoms with Gasteiger partial charge in [-0.25, -0.2) is 4.98 Å². The van der Waals surface area contributed by atoms with E-state index in [-0.39, 0.29) is 6.04 Å². The van der Waals surface area contributed by atoms with E-state index in [2.05, 4.69) is 21.4 Å². The molecule has 1 N–H and O–H groups in total. The summed E-state index contributed by atoms with van der Waals surface area (Å²) in [4.78, 5) is 8.36. The lowest BCUT2D eigenvalue weighted by molar-refractivity contribution is 0.300. The highest BCUT2D eigenvalue weighted by Crippen LogP contribution is 2.21. The fourth-order valence-corrected chi connectivity index (χ4v) is 2.36. The molecular weight excluding hydrogens is 302 g/mol. The van der Waals surface area contributed by atoms with E-state index < -0.39 is 0 Å². The van der Waals surface area contributed by atoms with Gasteiger partial charge in [0, 0.05) is 30.1 Å². The van der Waals surface area contributed by atoms with E-state index in [4.69, 9.17) is 9.15 Å². The van der Waals surface area contributed by atoms with Crippen molar-refractivity contribution in [3.63, 3.8) is 0 Å². The lowest BCUT2D eigenvalue weighted by Gasteiger charge is -2.14. The van der Waals surface area contributed by atoms with Crippen LogP contribution in [-0.4, -0.2) is 9.97 Å². The average Bonchev–Trinajstić information content (AvgIpc) is 3.06. The van der Waals surface area contributed by atoms with Crippen molar-refractivity contribution in [2.45, 2.75) is 33.0 Å². The predicted molar refractivity (Wildman–Crippen MR) is 91.5 cm³/mol. The third-order valence-electron chi connectivity index (χ3n) is 3.70. The molecule has 0 fully saturated rings. The highest BCUT2D eigenvalue weighted by Gasteiger charge is 2.12. The molecular formula is C19H21N3O2. The Kier molecular flexibility index (Phi) is 5.23. The molecule has 0 saturated heterocycles. The molecule has 0 amide bonds. The van der Waals surface area contributed by atoms with Gasteiger partial charge in [-0.15, -0.1) is 0 Å². The number of rotatable bonds is 7. The number of nitrogens with zero attached hydrogens (tertiary/aromatic N) is 2. The molecule has 0 aliphatic rings. The first-order chi connectivity index (χ1) is 11.7. The van der Waals surface area contributed by atoms with Gasteiger partial charge in [-0.1, -0.05) is 24.3 Å². The summed E-state index contributed by atoms with van der Waals surface area (Å²) >= 11 is 0. The second kappa shape index (κ2) is 7.75. The zero-order valence-electron chi connectivity index (χ0n) is 13.9. The number of nitrogens with one attached hydrogen (secondary N) is 1. The molecule has 0 radical (unpaired) electrons. The quantitative estimate of drug-likeness (QED) is 0.716. The maximum atomic E-state index is 5.95. The summed E-state index contributed by atoms with van der Waals surface area (Å²) in [6, 6.07) is 12.0. The lowest BCUT2D eigenvalue weighted by Crippen LogP contribution is -2.18. The van der Waals surface area contributed by atoms with E-state index in [1.807, 2.05) is 50.4 Å². The molecule has 24 heavy (non-hydrogen) atoms. The summed E-state index contributed by atoms with van der Waals surface area (Å²) in [5.74, 6) is 2.38. The molecule has 0 spiro atoms. The number of ether oxygens (including phenoxy) is 1. The second-order valence-electron chi connectivity index (χ2n) is 5.67. The smallest absolute Gasteiger partial charge is 0.211 e. The molecule has 1 atom stereocenters. The average molecular weight is 323 g/mol. The molecule has 0 aliphatic heterocycles. The molecule has 1 aromatic carbocycles. The molecule has 2 aromatic heterocycles. The van der Waals surface area contributed by atoms with Crippen molar-refractivity contribution in [2.24, 2.45) is 0 Å². The van der Waals surface area contributed by atoms with Crippen molar-refractivity contribution in [1.29, 1.82) is 0 Å². The largest absolute Gasteiger partial charge is 0.489 e. The highest BCUT2D eigenvalue weighted by atomic mass is 16.5. The van der Waals surface area contributed by atoms with Crippen LogP contribution >= 0.6 is 0 Å². The zero-order valence-corrected chi connectivity index (χ0v) is 13.9. The highest BCUT2D eigenvalue weighted by molar-refractivity contribution is 5.33. The summed E-state index contributed by atoms with van der Waals surface area (Å²) in [6.07, 6.45) is 5.31. The number of oxazole rings is 1. The first-order valence-electron chi connectivity index (χ1n) is 7.97. The first-order valence-corrected chi connectivity index (χ1v) is 7.97. The van der Waals surface area contributed by atoms with Gasteiger partial charge >= 0.3 is 0 Å². The van der Waals surface area contributed by atoms with Crippen LogP contribution in [0.15, 0.2) is 59.4 Å². The number of benzene rings is 1. The van der Waals surface area contributed by atoms with E-state index >= 15 is 0 Å². The number of hydrogen-bond acceptors (Lipinski definition) is 5. The Morgan fingerprint density at radius 2 is 2.04 bits per heavy atom. The number of pyridine rings is 1. The summed E-state index contributed by atoms with van der Waals surface area (Å²) < 4.78 is 11.5. The van der Waals surface area contributed by atoms with Crippen LogP contribution in [0.5, 0.6) is 5.75 Å². The minimum Gasteiger partial charge on any atom is -0.489 e. The Morgan fingerprint density at radius 3 is 2.79 bits per heavy atom. The van der Waals surface area contributed by atoms with E-state index in [9.17, 15) is 0 Å². The van der Waals surface area contributed by atoms with E-state index in [0.717, 1.165) is 22.6 Å². The molecule has 0 aliphatic carbocycles. The van der Waals surface area contributed by atoms with Gasteiger partial charge in [0.1, 0.15) is 18.1 Å². The minimum atomic E-state index is 0.0325. The second-order valence-corrected chi connectivity index (χ2v) is 5.67. The molecule has 5 nitrogen and oxygen atoms in total. The summed E-state index contributed by atoms with van der Waals surface area (Å²) in [7, 11) is 0. The number of aryl methyl sites for hydroxylation is 1. The van der Waals surface area contributed by atoms with Gasteiger partial charge < -0.3 is 14.5 Å². The number of hydrogen-bond donors (Lipinski definition) is 1. The van der Waals surface area contributed by atoms with Gasteiger partial charge in [-0.3, -0.25) is 4.98 Å². The van der Waals surface area contributed by atoms with Gasteiger partial charge in [-0.2, -0.15) is 0 Å². The molecule has 0 unspecified atom stereocenters. The van der Waals surface area contributed by atoms with Crippen molar-refractivity contribution in [2.75, 3.05) is 0 Å². The molecule has 0 bridgehead atoms. The Balaban J connectivity index is 1.61. The van der Waals surface area contributed by atoms with Crippen molar-refractivity contribution < 1.29 is 9.15 Å². The standard InChI is InChI=1S/C19H21N3O2/c1-14-10-22-19(24-14)15(2)21-12-17-7-3-4-8-18(17)23-13-16-6-5-9-20-11-16/h3-11,15,21H,12-13H2,1-2H3/t15-/m0/s1. The van der Waals surface area contributed by atoms with Crippen LogP contribution < -0.4 is 10.1 Å². The lowest BCUT2D eigenvalue weighted by atomic mass is 10.2. The Bertz CT molecular complexity index is 771. The van der Waals surface area contributed by atoms with Gasteiger partial charge in [-0.05, 0) is 26.0 Å². The number of para-hydroxylation sites is 1. The van der Waals surface area contributed by atoms with Gasteiger partial charge in [0.25, 0.3) is 0 Å². The van der Waals surface area contributed by atoms with Crippen LogP contribution in [0.2, 0.25) is 0 Å². The van der Waals surface area contributed by atoms with Crippen LogP contribution in [0.1, 0.15) is 35.7 Å². The molecule has 3 rings (SSSR count). The minimum absolute atomic E-state index is 0.0325. The molecule has 2 heterocycles. The SMILES string of the molecule is Cc1cnc([C@H](C)NCc2ccccc2OCc2cccnc2)o1. The topological polar surface area (TPSA) is 60.2 Å². The Labute approximate surface area is 141 Å².